The Kier molecular flexibility index (Phi) is 4.81. The van der Waals surface area contributed by atoms with Crippen LogP contribution in [0.5, 0.6) is 11.5 Å². The van der Waals surface area contributed by atoms with Crippen molar-refractivity contribution >= 4 is 27.5 Å². The van der Waals surface area contributed by atoms with Crippen LogP contribution in [0.15, 0.2) is 40.9 Å². The number of aryl methyl sites for hydroxylation is 1. The fourth-order valence-corrected chi connectivity index (χ4v) is 2.65. The summed E-state index contributed by atoms with van der Waals surface area (Å²) in [5.74, 6) is 0.801. The third-order valence-corrected chi connectivity index (χ3v) is 3.96. The Morgan fingerprint density at radius 3 is 2.70 bits per heavy atom. The molecule has 23 heavy (non-hydrogen) atoms. The molecule has 0 spiro atoms. The summed E-state index contributed by atoms with van der Waals surface area (Å²) in [7, 11) is 0. The molecule has 6 heteroatoms. The zero-order chi connectivity index (χ0) is 16.2. The van der Waals surface area contributed by atoms with E-state index < -0.39 is 0 Å². The molecule has 0 aromatic heterocycles. The minimum atomic E-state index is -0.313. The highest BCUT2D eigenvalue weighted by molar-refractivity contribution is 9.10. The van der Waals surface area contributed by atoms with Gasteiger partial charge >= 0.3 is 0 Å². The van der Waals surface area contributed by atoms with Crippen LogP contribution < -0.4 is 14.8 Å². The van der Waals surface area contributed by atoms with Gasteiger partial charge in [-0.3, -0.25) is 4.79 Å². The normalized spacial score (nSPS) is 12.8. The summed E-state index contributed by atoms with van der Waals surface area (Å²) in [6.45, 7) is 1.02. The van der Waals surface area contributed by atoms with Gasteiger partial charge in [-0.15, -0.1) is 0 Å². The predicted molar refractivity (Wildman–Crippen MR) is 88.5 cm³/mol. The summed E-state index contributed by atoms with van der Waals surface area (Å²) < 4.78 is 25.3. The van der Waals surface area contributed by atoms with Crippen molar-refractivity contribution in [3.63, 3.8) is 0 Å². The summed E-state index contributed by atoms with van der Waals surface area (Å²) in [5.41, 5.74) is 1.15. The van der Waals surface area contributed by atoms with Crippen molar-refractivity contribution in [1.82, 2.24) is 0 Å². The fraction of sp³-hybridized carbons (Fsp3) is 0.235. The van der Waals surface area contributed by atoms with E-state index in [0.29, 0.717) is 46.9 Å². The van der Waals surface area contributed by atoms with Gasteiger partial charge < -0.3 is 14.8 Å². The van der Waals surface area contributed by atoms with Gasteiger partial charge in [-0.1, -0.05) is 22.0 Å². The van der Waals surface area contributed by atoms with Crippen LogP contribution in [-0.2, 0) is 11.2 Å². The third-order valence-electron chi connectivity index (χ3n) is 3.46. The third kappa shape index (κ3) is 4.01. The maximum absolute atomic E-state index is 13.7. The van der Waals surface area contributed by atoms with Crippen molar-refractivity contribution in [1.29, 1.82) is 0 Å². The standard InChI is InChI=1S/C17H15BrFNO3/c18-12-3-1-11(14(19)9-12)2-6-17(21)20-13-4-5-15-16(10-13)23-8-7-22-15/h1,3-5,9-10H,2,6-8H2,(H,20,21). The van der Waals surface area contributed by atoms with E-state index in [2.05, 4.69) is 21.2 Å². The van der Waals surface area contributed by atoms with E-state index in [1.54, 1.807) is 30.3 Å². The average molecular weight is 380 g/mol. The molecule has 4 nitrogen and oxygen atoms in total. The first-order valence-electron chi connectivity index (χ1n) is 7.25. The molecule has 1 aliphatic heterocycles. The Morgan fingerprint density at radius 2 is 1.91 bits per heavy atom. The number of hydrogen-bond acceptors (Lipinski definition) is 3. The number of nitrogens with one attached hydrogen (secondary N) is 1. The summed E-state index contributed by atoms with van der Waals surface area (Å²) in [6, 6.07) is 10.1. The number of benzene rings is 2. The van der Waals surface area contributed by atoms with Gasteiger partial charge in [0.15, 0.2) is 11.5 Å². The second-order valence-electron chi connectivity index (χ2n) is 5.14. The molecule has 1 N–H and O–H groups in total. The monoisotopic (exact) mass is 379 g/mol. The molecular weight excluding hydrogens is 365 g/mol. The van der Waals surface area contributed by atoms with Crippen molar-refractivity contribution in [2.45, 2.75) is 12.8 Å². The van der Waals surface area contributed by atoms with Crippen molar-refractivity contribution in [2.24, 2.45) is 0 Å². The number of ether oxygens (including phenoxy) is 2. The van der Waals surface area contributed by atoms with Gasteiger partial charge in [0.25, 0.3) is 0 Å². The Labute approximate surface area is 141 Å². The molecule has 0 saturated carbocycles. The molecule has 0 atom stereocenters. The van der Waals surface area contributed by atoms with Crippen molar-refractivity contribution in [2.75, 3.05) is 18.5 Å². The maximum atomic E-state index is 13.7. The SMILES string of the molecule is O=C(CCc1ccc(Br)cc1F)Nc1ccc2c(c1)OCCO2. The van der Waals surface area contributed by atoms with Crippen molar-refractivity contribution in [3.05, 3.63) is 52.3 Å². The maximum Gasteiger partial charge on any atom is 0.224 e. The highest BCUT2D eigenvalue weighted by Crippen LogP contribution is 2.32. The molecule has 2 aromatic carbocycles. The number of halogens is 2. The zero-order valence-corrected chi connectivity index (χ0v) is 13.9. The van der Waals surface area contributed by atoms with Crippen LogP contribution in [0.4, 0.5) is 10.1 Å². The molecule has 120 valence electrons. The molecule has 1 heterocycles. The van der Waals surface area contributed by atoms with E-state index in [0.717, 1.165) is 0 Å². The first-order valence-corrected chi connectivity index (χ1v) is 8.04. The van der Waals surface area contributed by atoms with Crippen LogP contribution in [0, 0.1) is 5.82 Å². The number of fused-ring (bicyclic) bond motifs is 1. The number of carbonyl (C=O) groups excluding carboxylic acids is 1. The largest absolute Gasteiger partial charge is 0.486 e. The molecule has 0 fully saturated rings. The molecule has 0 radical (unpaired) electrons. The second-order valence-corrected chi connectivity index (χ2v) is 6.06. The Bertz CT molecular complexity index is 736. The molecule has 0 bridgehead atoms. The lowest BCUT2D eigenvalue weighted by molar-refractivity contribution is -0.116. The number of rotatable bonds is 4. The topological polar surface area (TPSA) is 47.6 Å². The first kappa shape index (κ1) is 15.8. The average Bonchev–Trinajstić information content (AvgIpc) is 2.54. The quantitative estimate of drug-likeness (QED) is 0.875. The van der Waals surface area contributed by atoms with Gasteiger partial charge in [-0.25, -0.2) is 4.39 Å². The van der Waals surface area contributed by atoms with Gasteiger partial charge in [-0.05, 0) is 36.2 Å². The predicted octanol–water partition coefficient (Wildman–Crippen LogP) is 3.93. The number of amides is 1. The van der Waals surface area contributed by atoms with Crippen LogP contribution in [-0.4, -0.2) is 19.1 Å². The van der Waals surface area contributed by atoms with Crippen LogP contribution in [0.3, 0.4) is 0 Å². The fourth-order valence-electron chi connectivity index (χ4n) is 2.32. The number of hydrogen-bond donors (Lipinski definition) is 1. The Morgan fingerprint density at radius 1 is 1.13 bits per heavy atom. The smallest absolute Gasteiger partial charge is 0.224 e. The van der Waals surface area contributed by atoms with E-state index in [4.69, 9.17) is 9.47 Å². The summed E-state index contributed by atoms with van der Waals surface area (Å²) in [4.78, 5) is 12.0. The van der Waals surface area contributed by atoms with Gasteiger partial charge in [-0.2, -0.15) is 0 Å². The lowest BCUT2D eigenvalue weighted by atomic mass is 10.1. The summed E-state index contributed by atoms with van der Waals surface area (Å²) in [6.07, 6.45) is 0.544. The van der Waals surface area contributed by atoms with E-state index in [1.807, 2.05) is 0 Å². The first-order chi connectivity index (χ1) is 11.1. The van der Waals surface area contributed by atoms with Crippen LogP contribution in [0.25, 0.3) is 0 Å². The number of carbonyl (C=O) groups is 1. The molecule has 1 amide bonds. The van der Waals surface area contributed by atoms with Crippen LogP contribution in [0.1, 0.15) is 12.0 Å². The highest BCUT2D eigenvalue weighted by atomic mass is 79.9. The van der Waals surface area contributed by atoms with Gasteiger partial charge in [0, 0.05) is 22.6 Å². The van der Waals surface area contributed by atoms with Gasteiger partial charge in [0.2, 0.25) is 5.91 Å². The highest BCUT2D eigenvalue weighted by Gasteiger charge is 2.13. The Balaban J connectivity index is 1.59. The lowest BCUT2D eigenvalue weighted by Gasteiger charge is -2.19. The molecular formula is C17H15BrFNO3. The van der Waals surface area contributed by atoms with E-state index in [1.165, 1.54) is 6.07 Å². The van der Waals surface area contributed by atoms with Crippen molar-refractivity contribution < 1.29 is 18.7 Å². The minimum absolute atomic E-state index is 0.177. The van der Waals surface area contributed by atoms with Crippen LogP contribution >= 0.6 is 15.9 Å². The zero-order valence-electron chi connectivity index (χ0n) is 12.3. The van der Waals surface area contributed by atoms with Gasteiger partial charge in [0.1, 0.15) is 19.0 Å². The molecule has 0 saturated heterocycles. The molecule has 2 aromatic rings. The molecule has 0 unspecified atom stereocenters. The van der Waals surface area contributed by atoms with Gasteiger partial charge in [0.05, 0.1) is 0 Å². The van der Waals surface area contributed by atoms with E-state index in [-0.39, 0.29) is 18.1 Å². The minimum Gasteiger partial charge on any atom is -0.486 e. The van der Waals surface area contributed by atoms with Crippen LogP contribution in [0.2, 0.25) is 0 Å². The Hall–Kier alpha value is -2.08. The number of anilines is 1. The summed E-state index contributed by atoms with van der Waals surface area (Å²) >= 11 is 3.21. The van der Waals surface area contributed by atoms with E-state index in [9.17, 15) is 9.18 Å². The second kappa shape index (κ2) is 7.00. The summed E-state index contributed by atoms with van der Waals surface area (Å²) in [5, 5.41) is 2.79. The molecule has 0 aliphatic carbocycles. The molecule has 1 aliphatic rings. The van der Waals surface area contributed by atoms with E-state index >= 15 is 0 Å². The molecule has 3 rings (SSSR count). The lowest BCUT2D eigenvalue weighted by Crippen LogP contribution is -2.16. The van der Waals surface area contributed by atoms with Crippen molar-refractivity contribution in [3.8, 4) is 11.5 Å².